The van der Waals surface area contributed by atoms with Gasteiger partial charge in [-0.1, -0.05) is 18.2 Å². The standard InChI is InChI=1S/C16H15N3O7/c1-25-14(21)16(6-7-26-11-5-3-2-4-9(11)16)8-10-12(19(23)24)13(20)18-15(22)17-10/h2-5H,6-8H2,1H3,(H2,17,18,20,22). The number of nitrogens with zero attached hydrogens (tertiary/aromatic N) is 1. The van der Waals surface area contributed by atoms with Crippen LogP contribution in [0.1, 0.15) is 17.7 Å². The Kier molecular flexibility index (Phi) is 4.33. The Labute approximate surface area is 145 Å². The lowest BCUT2D eigenvalue weighted by molar-refractivity contribution is -0.387. The predicted molar refractivity (Wildman–Crippen MR) is 88.3 cm³/mol. The highest BCUT2D eigenvalue weighted by molar-refractivity contribution is 5.85. The van der Waals surface area contributed by atoms with Crippen LogP contribution in [0, 0.1) is 10.1 Å². The Morgan fingerprint density at radius 2 is 2.08 bits per heavy atom. The van der Waals surface area contributed by atoms with E-state index in [-0.39, 0.29) is 25.1 Å². The summed E-state index contributed by atoms with van der Waals surface area (Å²) in [6, 6.07) is 6.74. The first-order chi connectivity index (χ1) is 12.4. The molecule has 0 spiro atoms. The van der Waals surface area contributed by atoms with Crippen molar-refractivity contribution in [3.05, 3.63) is 66.5 Å². The normalized spacial score (nSPS) is 18.5. The Morgan fingerprint density at radius 3 is 2.77 bits per heavy atom. The number of benzene rings is 1. The molecule has 10 nitrogen and oxygen atoms in total. The highest BCUT2D eigenvalue weighted by Gasteiger charge is 2.47. The molecule has 0 amide bonds. The van der Waals surface area contributed by atoms with Gasteiger partial charge in [-0.05, 0) is 6.07 Å². The number of ether oxygens (including phenoxy) is 2. The summed E-state index contributed by atoms with van der Waals surface area (Å²) in [5.41, 5.74) is -3.92. The van der Waals surface area contributed by atoms with Crippen LogP contribution < -0.4 is 16.0 Å². The third-order valence-electron chi connectivity index (χ3n) is 4.42. The Bertz CT molecular complexity index is 994. The van der Waals surface area contributed by atoms with E-state index in [4.69, 9.17) is 9.47 Å². The first-order valence-corrected chi connectivity index (χ1v) is 7.69. The summed E-state index contributed by atoms with van der Waals surface area (Å²) in [6.07, 6.45) is -0.113. The Hall–Kier alpha value is -3.43. The zero-order valence-electron chi connectivity index (χ0n) is 13.7. The average molecular weight is 361 g/mol. The summed E-state index contributed by atoms with van der Waals surface area (Å²) in [5, 5.41) is 11.3. The van der Waals surface area contributed by atoms with Gasteiger partial charge in [0.15, 0.2) is 0 Å². The third kappa shape index (κ3) is 2.75. The van der Waals surface area contributed by atoms with Gasteiger partial charge in [0.2, 0.25) is 0 Å². The molecule has 2 N–H and O–H groups in total. The molecule has 1 unspecified atom stereocenters. The van der Waals surface area contributed by atoms with Crippen molar-refractivity contribution in [2.45, 2.75) is 18.3 Å². The number of aromatic amines is 2. The minimum absolute atomic E-state index is 0.169. The van der Waals surface area contributed by atoms with Gasteiger partial charge in [-0.2, -0.15) is 0 Å². The van der Waals surface area contributed by atoms with E-state index in [2.05, 4.69) is 4.98 Å². The molecule has 0 bridgehead atoms. The minimum Gasteiger partial charge on any atom is -0.493 e. The molecule has 0 saturated heterocycles. The number of nitro groups is 1. The minimum atomic E-state index is -1.33. The first-order valence-electron chi connectivity index (χ1n) is 7.69. The lowest BCUT2D eigenvalue weighted by atomic mass is 9.72. The van der Waals surface area contributed by atoms with Gasteiger partial charge in [-0.3, -0.25) is 24.7 Å². The van der Waals surface area contributed by atoms with Gasteiger partial charge in [0.05, 0.1) is 18.6 Å². The summed E-state index contributed by atoms with van der Waals surface area (Å²) >= 11 is 0. The highest BCUT2D eigenvalue weighted by Crippen LogP contribution is 2.42. The van der Waals surface area contributed by atoms with Gasteiger partial charge >= 0.3 is 22.9 Å². The second-order valence-electron chi connectivity index (χ2n) is 5.84. The number of fused-ring (bicyclic) bond motifs is 1. The number of carbonyl (C=O) groups is 1. The van der Waals surface area contributed by atoms with Crippen LogP contribution in [0.25, 0.3) is 0 Å². The van der Waals surface area contributed by atoms with Crippen molar-refractivity contribution < 1.29 is 19.2 Å². The number of rotatable bonds is 4. The largest absolute Gasteiger partial charge is 0.493 e. The van der Waals surface area contributed by atoms with E-state index in [1.54, 1.807) is 24.3 Å². The lowest BCUT2D eigenvalue weighted by Gasteiger charge is -2.36. The fourth-order valence-corrected chi connectivity index (χ4v) is 3.27. The van der Waals surface area contributed by atoms with E-state index < -0.39 is 33.2 Å². The Balaban J connectivity index is 2.23. The molecule has 2 aromatic rings. The molecule has 0 aliphatic carbocycles. The van der Waals surface area contributed by atoms with Crippen molar-refractivity contribution in [2.75, 3.05) is 13.7 Å². The SMILES string of the molecule is COC(=O)C1(Cc2[nH]c(=O)[nH]c(=O)c2[N+](=O)[O-])CCOc2ccccc21. The number of aromatic nitrogens is 2. The van der Waals surface area contributed by atoms with Crippen LogP contribution in [-0.2, 0) is 21.4 Å². The Morgan fingerprint density at radius 1 is 1.35 bits per heavy atom. The van der Waals surface area contributed by atoms with Crippen molar-refractivity contribution in [2.24, 2.45) is 0 Å². The summed E-state index contributed by atoms with van der Waals surface area (Å²) in [5.74, 6) is -0.192. The van der Waals surface area contributed by atoms with Crippen LogP contribution in [0.15, 0.2) is 33.9 Å². The van der Waals surface area contributed by atoms with Crippen LogP contribution in [-0.4, -0.2) is 34.6 Å². The van der Waals surface area contributed by atoms with Crippen molar-refractivity contribution in [1.82, 2.24) is 9.97 Å². The quantitative estimate of drug-likeness (QED) is 0.456. The molecule has 1 atom stereocenters. The van der Waals surface area contributed by atoms with Crippen LogP contribution in [0.3, 0.4) is 0 Å². The zero-order chi connectivity index (χ0) is 18.9. The van der Waals surface area contributed by atoms with Crippen molar-refractivity contribution in [3.8, 4) is 5.75 Å². The molecule has 1 aromatic heterocycles. The predicted octanol–water partition coefficient (Wildman–Crippen LogP) is 0.407. The van der Waals surface area contributed by atoms with E-state index in [1.807, 2.05) is 4.98 Å². The lowest BCUT2D eigenvalue weighted by Crippen LogP contribution is -2.44. The number of hydrogen-bond acceptors (Lipinski definition) is 7. The molecule has 136 valence electrons. The summed E-state index contributed by atoms with van der Waals surface area (Å²) in [4.78, 5) is 50.7. The molecule has 1 aliphatic rings. The second-order valence-corrected chi connectivity index (χ2v) is 5.84. The molecule has 1 aliphatic heterocycles. The van der Waals surface area contributed by atoms with E-state index in [9.17, 15) is 24.5 Å². The zero-order valence-corrected chi connectivity index (χ0v) is 13.7. The van der Waals surface area contributed by atoms with Crippen molar-refractivity contribution >= 4 is 11.7 Å². The maximum Gasteiger partial charge on any atom is 0.353 e. The molecular formula is C16H15N3O7. The van der Waals surface area contributed by atoms with Crippen LogP contribution in [0.2, 0.25) is 0 Å². The molecule has 1 aromatic carbocycles. The molecule has 3 rings (SSSR count). The molecule has 2 heterocycles. The van der Waals surface area contributed by atoms with Gasteiger partial charge in [-0.25, -0.2) is 4.79 Å². The third-order valence-corrected chi connectivity index (χ3v) is 4.42. The first kappa shape index (κ1) is 17.4. The van der Waals surface area contributed by atoms with Crippen molar-refractivity contribution in [3.63, 3.8) is 0 Å². The highest BCUT2D eigenvalue weighted by atomic mass is 16.6. The number of para-hydroxylation sites is 1. The van der Waals surface area contributed by atoms with Gasteiger partial charge < -0.3 is 14.5 Å². The van der Waals surface area contributed by atoms with Crippen LogP contribution in [0.5, 0.6) is 5.75 Å². The topological polar surface area (TPSA) is 144 Å². The van der Waals surface area contributed by atoms with Crippen molar-refractivity contribution in [1.29, 1.82) is 0 Å². The number of H-pyrrole nitrogens is 2. The van der Waals surface area contributed by atoms with Crippen LogP contribution in [0.4, 0.5) is 5.69 Å². The van der Waals surface area contributed by atoms with Gasteiger partial charge in [0, 0.05) is 18.4 Å². The molecule has 0 fully saturated rings. The second kappa shape index (κ2) is 6.47. The molecule has 0 radical (unpaired) electrons. The molecule has 0 saturated carbocycles. The van der Waals surface area contributed by atoms with Gasteiger partial charge in [0.1, 0.15) is 16.9 Å². The van der Waals surface area contributed by atoms with E-state index >= 15 is 0 Å². The maximum absolute atomic E-state index is 12.7. The van der Waals surface area contributed by atoms with E-state index in [1.165, 1.54) is 7.11 Å². The van der Waals surface area contributed by atoms with E-state index in [0.717, 1.165) is 0 Å². The number of methoxy groups -OCH3 is 1. The fourth-order valence-electron chi connectivity index (χ4n) is 3.27. The fraction of sp³-hybridized carbons (Fsp3) is 0.312. The molecule has 26 heavy (non-hydrogen) atoms. The summed E-state index contributed by atoms with van der Waals surface area (Å²) in [7, 11) is 1.21. The molecular weight excluding hydrogens is 346 g/mol. The smallest absolute Gasteiger partial charge is 0.353 e. The number of esters is 1. The van der Waals surface area contributed by atoms with E-state index in [0.29, 0.717) is 11.3 Å². The summed E-state index contributed by atoms with van der Waals surface area (Å²) in [6.45, 7) is 0.174. The average Bonchev–Trinajstić information content (AvgIpc) is 2.60. The van der Waals surface area contributed by atoms with Gasteiger partial charge in [-0.15, -0.1) is 0 Å². The molecule has 10 heteroatoms. The number of nitrogens with one attached hydrogen (secondary N) is 2. The number of carbonyl (C=O) groups excluding carboxylic acids is 1. The number of hydrogen-bond donors (Lipinski definition) is 2. The maximum atomic E-state index is 12.7. The van der Waals surface area contributed by atoms with Crippen LogP contribution >= 0.6 is 0 Å². The monoisotopic (exact) mass is 361 g/mol. The van der Waals surface area contributed by atoms with Gasteiger partial charge in [0.25, 0.3) is 0 Å². The summed E-state index contributed by atoms with van der Waals surface area (Å²) < 4.78 is 10.5.